The number of benzene rings is 1. The van der Waals surface area contributed by atoms with Gasteiger partial charge in [0.1, 0.15) is 11.9 Å². The average molecular weight is 344 g/mol. The third-order valence-corrected chi connectivity index (χ3v) is 4.17. The molecule has 0 aliphatic carbocycles. The Morgan fingerprint density at radius 3 is 2.60 bits per heavy atom. The van der Waals surface area contributed by atoms with Crippen LogP contribution in [-0.4, -0.2) is 23.1 Å². The van der Waals surface area contributed by atoms with Crippen molar-refractivity contribution in [2.75, 3.05) is 5.32 Å². The standard InChI is InChI=1S/C20H28N2O3/c1-13-7-8-17(14(2)10-13)22-20(24)12-16(4)21-15(3)11-18(23)19-6-5-9-25-19/h5-10,15-16,18,21,23H,11-12H2,1-4H3,(H,22,24). The van der Waals surface area contributed by atoms with Crippen LogP contribution in [0, 0.1) is 13.8 Å². The van der Waals surface area contributed by atoms with Crippen LogP contribution in [0.1, 0.15) is 49.7 Å². The van der Waals surface area contributed by atoms with Gasteiger partial charge in [0, 0.05) is 24.2 Å². The maximum atomic E-state index is 12.2. The first-order valence-electron chi connectivity index (χ1n) is 8.69. The van der Waals surface area contributed by atoms with Crippen molar-refractivity contribution in [2.45, 2.75) is 58.7 Å². The largest absolute Gasteiger partial charge is 0.467 e. The molecule has 2 rings (SSSR count). The first-order valence-corrected chi connectivity index (χ1v) is 8.69. The lowest BCUT2D eigenvalue weighted by Crippen LogP contribution is -2.37. The highest BCUT2D eigenvalue weighted by atomic mass is 16.4. The number of amides is 1. The molecule has 2 aromatic rings. The highest BCUT2D eigenvalue weighted by molar-refractivity contribution is 5.91. The Bertz CT molecular complexity index is 682. The second-order valence-electron chi connectivity index (χ2n) is 6.81. The van der Waals surface area contributed by atoms with Gasteiger partial charge < -0.3 is 20.2 Å². The Morgan fingerprint density at radius 1 is 1.20 bits per heavy atom. The lowest BCUT2D eigenvalue weighted by Gasteiger charge is -2.21. The predicted molar refractivity (Wildman–Crippen MR) is 99.5 cm³/mol. The Balaban J connectivity index is 1.78. The number of hydrogen-bond donors (Lipinski definition) is 3. The highest BCUT2D eigenvalue weighted by Crippen LogP contribution is 2.19. The predicted octanol–water partition coefficient (Wildman–Crippen LogP) is 3.72. The number of nitrogens with one attached hydrogen (secondary N) is 2. The van der Waals surface area contributed by atoms with Crippen LogP contribution in [0.5, 0.6) is 0 Å². The van der Waals surface area contributed by atoms with Crippen molar-refractivity contribution >= 4 is 11.6 Å². The normalized spacial score (nSPS) is 14.8. The summed E-state index contributed by atoms with van der Waals surface area (Å²) in [7, 11) is 0. The molecular formula is C20H28N2O3. The Kier molecular flexibility index (Phi) is 6.79. The molecule has 0 bridgehead atoms. The minimum absolute atomic E-state index is 0.00422. The molecule has 0 aliphatic heterocycles. The van der Waals surface area contributed by atoms with E-state index >= 15 is 0 Å². The first-order chi connectivity index (χ1) is 11.8. The summed E-state index contributed by atoms with van der Waals surface area (Å²) in [5, 5.41) is 16.4. The number of carbonyl (C=O) groups is 1. The number of rotatable bonds is 8. The topological polar surface area (TPSA) is 74.5 Å². The zero-order valence-corrected chi connectivity index (χ0v) is 15.4. The fraction of sp³-hybridized carbons (Fsp3) is 0.450. The molecule has 1 heterocycles. The van der Waals surface area contributed by atoms with Crippen molar-refractivity contribution in [3.8, 4) is 0 Å². The third kappa shape index (κ3) is 6.03. The van der Waals surface area contributed by atoms with Crippen molar-refractivity contribution in [1.29, 1.82) is 0 Å². The molecule has 1 aromatic carbocycles. The van der Waals surface area contributed by atoms with E-state index in [0.29, 0.717) is 18.6 Å². The molecule has 1 aromatic heterocycles. The summed E-state index contributed by atoms with van der Waals surface area (Å²) in [6, 6.07) is 9.56. The van der Waals surface area contributed by atoms with Crippen LogP contribution in [-0.2, 0) is 4.79 Å². The molecule has 5 nitrogen and oxygen atoms in total. The molecule has 0 radical (unpaired) electrons. The van der Waals surface area contributed by atoms with Gasteiger partial charge in [0.25, 0.3) is 0 Å². The van der Waals surface area contributed by atoms with Gasteiger partial charge in [0.2, 0.25) is 5.91 Å². The van der Waals surface area contributed by atoms with Gasteiger partial charge in [-0.25, -0.2) is 0 Å². The zero-order chi connectivity index (χ0) is 18.4. The molecule has 3 atom stereocenters. The highest BCUT2D eigenvalue weighted by Gasteiger charge is 2.17. The van der Waals surface area contributed by atoms with Crippen molar-refractivity contribution < 1.29 is 14.3 Å². The van der Waals surface area contributed by atoms with Crippen molar-refractivity contribution in [3.05, 3.63) is 53.5 Å². The van der Waals surface area contributed by atoms with Gasteiger partial charge in [0.05, 0.1) is 6.26 Å². The monoisotopic (exact) mass is 344 g/mol. The summed E-state index contributed by atoms with van der Waals surface area (Å²) in [4.78, 5) is 12.2. The third-order valence-electron chi connectivity index (χ3n) is 4.17. The first kappa shape index (κ1) is 19.2. The van der Waals surface area contributed by atoms with Gasteiger partial charge >= 0.3 is 0 Å². The quantitative estimate of drug-likeness (QED) is 0.682. The molecule has 3 N–H and O–H groups in total. The molecule has 1 amide bonds. The molecular weight excluding hydrogens is 316 g/mol. The minimum atomic E-state index is -0.645. The van der Waals surface area contributed by atoms with Crippen LogP contribution in [0.4, 0.5) is 5.69 Å². The SMILES string of the molecule is Cc1ccc(NC(=O)CC(C)NC(C)CC(O)c2ccco2)c(C)c1. The summed E-state index contributed by atoms with van der Waals surface area (Å²) in [6.45, 7) is 7.98. The van der Waals surface area contributed by atoms with Crippen LogP contribution in [0.15, 0.2) is 41.0 Å². The number of carbonyl (C=O) groups excluding carboxylic acids is 1. The van der Waals surface area contributed by atoms with E-state index in [1.165, 1.54) is 5.56 Å². The van der Waals surface area contributed by atoms with Crippen molar-refractivity contribution in [3.63, 3.8) is 0 Å². The lowest BCUT2D eigenvalue weighted by molar-refractivity contribution is -0.116. The van der Waals surface area contributed by atoms with Crippen LogP contribution in [0.2, 0.25) is 0 Å². The molecule has 0 spiro atoms. The van der Waals surface area contributed by atoms with Crippen LogP contribution in [0.3, 0.4) is 0 Å². The summed E-state index contributed by atoms with van der Waals surface area (Å²) in [5.41, 5.74) is 3.09. The van der Waals surface area contributed by atoms with E-state index in [0.717, 1.165) is 11.3 Å². The van der Waals surface area contributed by atoms with E-state index in [1.54, 1.807) is 18.4 Å². The fourth-order valence-electron chi connectivity index (χ4n) is 2.98. The molecule has 0 fully saturated rings. The number of aliphatic hydroxyl groups excluding tert-OH is 1. The number of anilines is 1. The van der Waals surface area contributed by atoms with Gasteiger partial charge in [-0.15, -0.1) is 0 Å². The number of furan rings is 1. The fourth-order valence-corrected chi connectivity index (χ4v) is 2.98. The van der Waals surface area contributed by atoms with E-state index in [1.807, 2.05) is 39.8 Å². The second kappa shape index (κ2) is 8.83. The number of hydrogen-bond acceptors (Lipinski definition) is 4. The van der Waals surface area contributed by atoms with Crippen LogP contribution < -0.4 is 10.6 Å². The smallest absolute Gasteiger partial charge is 0.225 e. The van der Waals surface area contributed by atoms with E-state index in [4.69, 9.17) is 4.42 Å². The van der Waals surface area contributed by atoms with Gasteiger partial charge in [0.15, 0.2) is 0 Å². The van der Waals surface area contributed by atoms with Gasteiger partial charge in [-0.2, -0.15) is 0 Å². The molecule has 5 heteroatoms. The Labute approximate surface area is 149 Å². The van der Waals surface area contributed by atoms with Crippen LogP contribution >= 0.6 is 0 Å². The average Bonchev–Trinajstić information content (AvgIpc) is 3.04. The van der Waals surface area contributed by atoms with Crippen molar-refractivity contribution in [1.82, 2.24) is 5.32 Å². The van der Waals surface area contributed by atoms with E-state index in [2.05, 4.69) is 16.7 Å². The summed E-state index contributed by atoms with van der Waals surface area (Å²) in [6.07, 6.45) is 1.80. The molecule has 3 unspecified atom stereocenters. The molecule has 0 aliphatic rings. The molecule has 136 valence electrons. The van der Waals surface area contributed by atoms with Gasteiger partial charge in [-0.05, 0) is 57.9 Å². The number of aliphatic hydroxyl groups is 1. The summed E-state index contributed by atoms with van der Waals surface area (Å²) >= 11 is 0. The van der Waals surface area contributed by atoms with E-state index in [9.17, 15) is 9.90 Å². The number of aryl methyl sites for hydroxylation is 2. The zero-order valence-electron chi connectivity index (χ0n) is 15.4. The van der Waals surface area contributed by atoms with Gasteiger partial charge in [-0.3, -0.25) is 4.79 Å². The Morgan fingerprint density at radius 2 is 1.96 bits per heavy atom. The Hall–Kier alpha value is -2.11. The van der Waals surface area contributed by atoms with Crippen molar-refractivity contribution in [2.24, 2.45) is 0 Å². The van der Waals surface area contributed by atoms with Gasteiger partial charge in [-0.1, -0.05) is 17.7 Å². The molecule has 0 saturated heterocycles. The second-order valence-corrected chi connectivity index (χ2v) is 6.81. The maximum absolute atomic E-state index is 12.2. The molecule has 0 saturated carbocycles. The summed E-state index contributed by atoms with van der Waals surface area (Å²) < 4.78 is 5.21. The lowest BCUT2D eigenvalue weighted by atomic mass is 10.1. The van der Waals surface area contributed by atoms with Crippen LogP contribution in [0.25, 0.3) is 0 Å². The molecule has 25 heavy (non-hydrogen) atoms. The van der Waals surface area contributed by atoms with E-state index in [-0.39, 0.29) is 18.0 Å². The summed E-state index contributed by atoms with van der Waals surface area (Å²) in [5.74, 6) is 0.541. The maximum Gasteiger partial charge on any atom is 0.225 e. The minimum Gasteiger partial charge on any atom is -0.467 e. The van der Waals surface area contributed by atoms with E-state index < -0.39 is 6.10 Å².